The van der Waals surface area contributed by atoms with E-state index in [9.17, 15) is 18.4 Å². The van der Waals surface area contributed by atoms with Gasteiger partial charge in [-0.1, -0.05) is 25.1 Å². The molecule has 0 saturated carbocycles. The highest BCUT2D eigenvalue weighted by molar-refractivity contribution is 7.74. The Morgan fingerprint density at radius 2 is 1.84 bits per heavy atom. The summed E-state index contributed by atoms with van der Waals surface area (Å²) in [5, 5.41) is 10.3. The molecular weight excluding hydrogens is 494 g/mol. The Kier molecular flexibility index (Phi) is 8.93. The van der Waals surface area contributed by atoms with E-state index < -0.39 is 22.8 Å². The van der Waals surface area contributed by atoms with E-state index in [0.717, 1.165) is 46.1 Å². The molecule has 198 valence electrons. The molecule has 0 bridgehead atoms. The number of aromatic nitrogens is 1. The number of nitrogens with one attached hydrogen (secondary N) is 1. The van der Waals surface area contributed by atoms with Crippen LogP contribution < -0.4 is 14.5 Å². The molecule has 1 atom stereocenters. The van der Waals surface area contributed by atoms with Crippen LogP contribution in [0.1, 0.15) is 18.2 Å². The van der Waals surface area contributed by atoms with Gasteiger partial charge in [-0.15, -0.1) is 0 Å². The second-order valence-electron chi connectivity index (χ2n) is 9.00. The molecule has 0 spiro atoms. The van der Waals surface area contributed by atoms with E-state index in [1.165, 1.54) is 0 Å². The molecule has 1 saturated heterocycles. The van der Waals surface area contributed by atoms with Gasteiger partial charge in [0.25, 0.3) is 5.91 Å². The number of pyridine rings is 1. The maximum absolute atomic E-state index is 12.5. The van der Waals surface area contributed by atoms with E-state index in [4.69, 9.17) is 4.74 Å². The van der Waals surface area contributed by atoms with Gasteiger partial charge in [0, 0.05) is 42.8 Å². The summed E-state index contributed by atoms with van der Waals surface area (Å²) in [5.74, 6) is -0.0460. The zero-order valence-corrected chi connectivity index (χ0v) is 21.9. The summed E-state index contributed by atoms with van der Waals surface area (Å²) in [6.07, 6.45) is 0. The van der Waals surface area contributed by atoms with Crippen LogP contribution in [0.25, 0.3) is 10.9 Å². The van der Waals surface area contributed by atoms with Gasteiger partial charge in [0.1, 0.15) is 18.4 Å². The van der Waals surface area contributed by atoms with E-state index in [0.29, 0.717) is 31.1 Å². The lowest BCUT2D eigenvalue weighted by Crippen LogP contribution is -2.58. The Labute approximate surface area is 218 Å². The molecule has 10 nitrogen and oxygen atoms in total. The van der Waals surface area contributed by atoms with Crippen molar-refractivity contribution in [1.29, 1.82) is 0 Å². The molecule has 37 heavy (non-hydrogen) atoms. The van der Waals surface area contributed by atoms with E-state index >= 15 is 0 Å². The van der Waals surface area contributed by atoms with Crippen molar-refractivity contribution in [2.24, 2.45) is 0 Å². The number of fused-ring (bicyclic) bond motifs is 1. The summed E-state index contributed by atoms with van der Waals surface area (Å²) in [6.45, 7) is 7.90. The van der Waals surface area contributed by atoms with Crippen molar-refractivity contribution < 1.29 is 23.2 Å². The summed E-state index contributed by atoms with van der Waals surface area (Å²) in [4.78, 5) is 21.2. The highest BCUT2D eigenvalue weighted by Gasteiger charge is 2.31. The molecule has 2 N–H and O–H groups in total. The third-order valence-corrected chi connectivity index (χ3v) is 7.50. The normalized spacial score (nSPS) is 15.6. The van der Waals surface area contributed by atoms with E-state index in [1.54, 1.807) is 29.7 Å². The van der Waals surface area contributed by atoms with Crippen LogP contribution in [0.4, 0.5) is 5.69 Å². The average molecular weight is 528 g/mol. The van der Waals surface area contributed by atoms with Crippen molar-refractivity contribution >= 4 is 33.4 Å². The zero-order valence-electron chi connectivity index (χ0n) is 21.0. The lowest BCUT2D eigenvalue weighted by molar-refractivity contribution is -0.135. The molecule has 2 aromatic carbocycles. The first kappa shape index (κ1) is 26.8. The topological polar surface area (TPSA) is 115 Å². The maximum atomic E-state index is 12.5. The number of anilines is 1. The van der Waals surface area contributed by atoms with Crippen LogP contribution >= 0.6 is 0 Å². The van der Waals surface area contributed by atoms with Gasteiger partial charge in [0.05, 0.1) is 17.7 Å². The predicted octanol–water partition coefficient (Wildman–Crippen LogP) is 1.97. The number of carbonyl (C=O) groups is 1. The van der Waals surface area contributed by atoms with Gasteiger partial charge in [0.2, 0.25) is 10.9 Å². The number of rotatable bonds is 10. The summed E-state index contributed by atoms with van der Waals surface area (Å²) in [5.41, 5.74) is 4.93. The fourth-order valence-corrected chi connectivity index (χ4v) is 5.26. The van der Waals surface area contributed by atoms with E-state index in [-0.39, 0.29) is 6.54 Å². The first-order valence-electron chi connectivity index (χ1n) is 12.3. The van der Waals surface area contributed by atoms with Crippen LogP contribution in [-0.4, -0.2) is 79.6 Å². The minimum Gasteiger partial charge on any atom is -0.489 e. The van der Waals surface area contributed by atoms with Crippen LogP contribution in [0.2, 0.25) is 0 Å². The number of hydroxylamine groups is 1. The minimum atomic E-state index is -3.03. The number of benzene rings is 2. The number of ether oxygens (including phenoxy) is 1. The van der Waals surface area contributed by atoms with E-state index in [1.807, 2.05) is 42.2 Å². The summed E-state index contributed by atoms with van der Waals surface area (Å²) in [7, 11) is -3.03. The number of hydrogen-bond donors (Lipinski definition) is 3. The van der Waals surface area contributed by atoms with Crippen molar-refractivity contribution in [1.82, 2.24) is 20.3 Å². The molecule has 1 amide bonds. The predicted molar refractivity (Wildman–Crippen MR) is 142 cm³/mol. The molecule has 0 radical (unpaired) electrons. The van der Waals surface area contributed by atoms with Gasteiger partial charge in [-0.05, 0) is 49.9 Å². The van der Waals surface area contributed by atoms with Gasteiger partial charge in [0.15, 0.2) is 0 Å². The van der Waals surface area contributed by atoms with Gasteiger partial charge in [-0.3, -0.25) is 24.2 Å². The molecule has 1 aliphatic rings. The van der Waals surface area contributed by atoms with Crippen molar-refractivity contribution in [3.63, 3.8) is 0 Å². The summed E-state index contributed by atoms with van der Waals surface area (Å²) in [6, 6.07) is 15.8. The number of carbonyl (C=O) groups excluding carboxylic acids is 1. The second-order valence-corrected chi connectivity index (χ2v) is 9.96. The van der Waals surface area contributed by atoms with Crippen molar-refractivity contribution in [3.8, 4) is 5.75 Å². The Morgan fingerprint density at radius 1 is 1.14 bits per heavy atom. The molecule has 4 rings (SSSR count). The van der Waals surface area contributed by atoms with Crippen LogP contribution in [-0.2, 0) is 22.3 Å². The van der Waals surface area contributed by atoms with Crippen LogP contribution in [0, 0.1) is 6.92 Å². The van der Waals surface area contributed by atoms with Gasteiger partial charge in [-0.25, -0.2) is 13.9 Å². The number of piperazine rings is 1. The van der Waals surface area contributed by atoms with Crippen molar-refractivity contribution in [2.75, 3.05) is 43.6 Å². The Bertz CT molecular complexity index is 1280. The zero-order chi connectivity index (χ0) is 26.4. The fraction of sp³-hybridized carbons (Fsp3) is 0.385. The third kappa shape index (κ3) is 6.55. The number of amides is 1. The molecule has 0 unspecified atom stereocenters. The number of para-hydroxylation sites is 1. The Morgan fingerprint density at radius 3 is 2.49 bits per heavy atom. The standard InChI is InChI=1S/C26H33N5O5S/c1-3-29-12-14-30(15-13-29)25(26(32)28-33)17-31(37(34)35)21-8-10-22(11-9-21)36-18-20-16-19(2)27-24-7-5-4-6-23(20)24/h4-11,16,25,33,37H,3,12-15,17-18H2,1-2H3,(H,28,32)/t25-/m0/s1. The van der Waals surface area contributed by atoms with Gasteiger partial charge >= 0.3 is 0 Å². The number of nitrogens with zero attached hydrogens (tertiary/aromatic N) is 4. The van der Waals surface area contributed by atoms with Gasteiger partial charge in [-0.2, -0.15) is 0 Å². The monoisotopic (exact) mass is 527 g/mol. The lowest BCUT2D eigenvalue weighted by Gasteiger charge is -2.39. The SMILES string of the molecule is CCN1CCN([C@@H](CN(c2ccc(OCc3cc(C)nc4ccccc34)cc2)[SH](=O)=O)C(=O)NO)CC1. The maximum Gasteiger partial charge on any atom is 0.262 e. The summed E-state index contributed by atoms with van der Waals surface area (Å²) >= 11 is 0. The number of hydrogen-bond acceptors (Lipinski definition) is 8. The Hall–Kier alpha value is -3.25. The Balaban J connectivity index is 1.47. The average Bonchev–Trinajstić information content (AvgIpc) is 2.92. The highest BCUT2D eigenvalue weighted by atomic mass is 32.2. The fourth-order valence-electron chi connectivity index (χ4n) is 4.65. The van der Waals surface area contributed by atoms with Crippen molar-refractivity contribution in [2.45, 2.75) is 26.5 Å². The molecule has 11 heteroatoms. The number of aryl methyl sites for hydroxylation is 1. The lowest BCUT2D eigenvalue weighted by atomic mass is 10.1. The molecule has 0 aliphatic carbocycles. The quantitative estimate of drug-likeness (QED) is 0.208. The van der Waals surface area contributed by atoms with Crippen LogP contribution in [0.15, 0.2) is 54.6 Å². The van der Waals surface area contributed by atoms with Crippen molar-refractivity contribution in [3.05, 3.63) is 65.9 Å². The highest BCUT2D eigenvalue weighted by Crippen LogP contribution is 2.24. The van der Waals surface area contributed by atoms with Crippen LogP contribution in [0.3, 0.4) is 0 Å². The molecular formula is C26H33N5O5S. The third-order valence-electron chi connectivity index (χ3n) is 6.71. The first-order chi connectivity index (χ1) is 17.9. The number of thiol groups is 1. The molecule has 1 aromatic heterocycles. The largest absolute Gasteiger partial charge is 0.489 e. The molecule has 2 heterocycles. The van der Waals surface area contributed by atoms with Crippen LogP contribution in [0.5, 0.6) is 5.75 Å². The second kappa shape index (κ2) is 12.3. The molecule has 1 aliphatic heterocycles. The molecule has 1 fully saturated rings. The number of likely N-dealkylation sites (N-methyl/N-ethyl adjacent to an activating group) is 1. The van der Waals surface area contributed by atoms with Gasteiger partial charge < -0.3 is 9.64 Å². The smallest absolute Gasteiger partial charge is 0.262 e. The summed E-state index contributed by atoms with van der Waals surface area (Å²) < 4.78 is 31.5. The van der Waals surface area contributed by atoms with E-state index in [2.05, 4.69) is 16.8 Å². The molecule has 3 aromatic rings. The first-order valence-corrected chi connectivity index (χ1v) is 13.4. The minimum absolute atomic E-state index is 0.111.